The van der Waals surface area contributed by atoms with Gasteiger partial charge in [0, 0.05) is 16.9 Å². The number of imidazole rings is 1. The molecule has 0 atom stereocenters. The molecule has 1 aliphatic carbocycles. The number of aromatic nitrogens is 2. The van der Waals surface area contributed by atoms with Gasteiger partial charge in [0.05, 0.1) is 27.8 Å². The first-order chi connectivity index (χ1) is 23.3. The standard InChI is InChI=1S/C44H29N3/c1-3-15-31(16-4-1)46-40-24-12-9-21-37(40)44(38-22-10-13-25-41(38)46)35-20-8-7-19-33(35)34-29-30(27-28-36(34)44)43-45-39-23-11-14-26-42(39)47(43)32-17-5-2-6-18-32/h1-29H. The lowest BCUT2D eigenvalue weighted by Crippen LogP contribution is -2.36. The fourth-order valence-corrected chi connectivity index (χ4v) is 8.16. The van der Waals surface area contributed by atoms with E-state index in [0.717, 1.165) is 33.8 Å². The summed E-state index contributed by atoms with van der Waals surface area (Å²) in [5, 5.41) is 0. The van der Waals surface area contributed by atoms with Crippen molar-refractivity contribution in [1.82, 2.24) is 9.55 Å². The first kappa shape index (κ1) is 26.1. The molecule has 0 unspecified atom stereocenters. The second kappa shape index (κ2) is 9.90. The molecule has 3 nitrogen and oxygen atoms in total. The molecule has 47 heavy (non-hydrogen) atoms. The molecule has 8 aromatic rings. The Balaban J connectivity index is 1.27. The van der Waals surface area contributed by atoms with Gasteiger partial charge in [0.15, 0.2) is 0 Å². The minimum absolute atomic E-state index is 0.470. The van der Waals surface area contributed by atoms with Crippen molar-refractivity contribution in [2.24, 2.45) is 0 Å². The van der Waals surface area contributed by atoms with E-state index in [9.17, 15) is 0 Å². The molecule has 1 spiro atoms. The van der Waals surface area contributed by atoms with Gasteiger partial charge >= 0.3 is 0 Å². The van der Waals surface area contributed by atoms with Gasteiger partial charge in [-0.25, -0.2) is 4.98 Å². The van der Waals surface area contributed by atoms with Crippen LogP contribution < -0.4 is 4.90 Å². The third-order valence-electron chi connectivity index (χ3n) is 9.99. The predicted molar refractivity (Wildman–Crippen MR) is 192 cm³/mol. The van der Waals surface area contributed by atoms with Crippen LogP contribution in [0.15, 0.2) is 176 Å². The first-order valence-electron chi connectivity index (χ1n) is 16.2. The zero-order chi connectivity index (χ0) is 31.0. The van der Waals surface area contributed by atoms with Crippen LogP contribution in [0.3, 0.4) is 0 Å². The average molecular weight is 600 g/mol. The topological polar surface area (TPSA) is 21.1 Å². The maximum absolute atomic E-state index is 5.22. The molecular formula is C44H29N3. The molecule has 0 saturated heterocycles. The van der Waals surface area contributed by atoms with Crippen LogP contribution in [0.25, 0.3) is 39.2 Å². The van der Waals surface area contributed by atoms with Crippen LogP contribution in [-0.4, -0.2) is 9.55 Å². The molecule has 2 heterocycles. The number of hydrogen-bond donors (Lipinski definition) is 0. The maximum atomic E-state index is 5.22. The Bertz CT molecular complexity index is 2430. The van der Waals surface area contributed by atoms with Crippen LogP contribution in [0.1, 0.15) is 22.3 Å². The van der Waals surface area contributed by atoms with E-state index >= 15 is 0 Å². The molecule has 3 heteroatoms. The van der Waals surface area contributed by atoms with Crippen molar-refractivity contribution in [3.05, 3.63) is 198 Å². The smallest absolute Gasteiger partial charge is 0.145 e. The largest absolute Gasteiger partial charge is 0.310 e. The van der Waals surface area contributed by atoms with Crippen molar-refractivity contribution in [1.29, 1.82) is 0 Å². The number of rotatable bonds is 3. The number of fused-ring (bicyclic) bond motifs is 10. The zero-order valence-corrected chi connectivity index (χ0v) is 25.6. The SMILES string of the molecule is c1ccc(N2c3ccccc3C3(c4ccccc4-c4cc(-c5nc6ccccc6n5-c5ccccc5)ccc43)c3ccccc32)cc1. The monoisotopic (exact) mass is 599 g/mol. The van der Waals surface area contributed by atoms with E-state index in [1.165, 1.54) is 44.8 Å². The number of para-hydroxylation sites is 6. The normalized spacial score (nSPS) is 13.7. The summed E-state index contributed by atoms with van der Waals surface area (Å²) >= 11 is 0. The summed E-state index contributed by atoms with van der Waals surface area (Å²) in [4.78, 5) is 7.64. The Morgan fingerprint density at radius 1 is 0.426 bits per heavy atom. The summed E-state index contributed by atoms with van der Waals surface area (Å²) in [5.41, 5.74) is 15.1. The van der Waals surface area contributed by atoms with Crippen LogP contribution in [-0.2, 0) is 5.41 Å². The highest BCUT2D eigenvalue weighted by atomic mass is 15.2. The quantitative estimate of drug-likeness (QED) is 0.201. The van der Waals surface area contributed by atoms with Crippen LogP contribution in [0.4, 0.5) is 17.1 Å². The maximum Gasteiger partial charge on any atom is 0.145 e. The fraction of sp³-hybridized carbons (Fsp3) is 0.0227. The van der Waals surface area contributed by atoms with Crippen LogP contribution in [0.2, 0.25) is 0 Å². The van der Waals surface area contributed by atoms with Crippen molar-refractivity contribution in [3.8, 4) is 28.2 Å². The number of nitrogens with zero attached hydrogens (tertiary/aromatic N) is 3. The highest BCUT2D eigenvalue weighted by Crippen LogP contribution is 2.63. The molecular weight excluding hydrogens is 571 g/mol. The summed E-state index contributed by atoms with van der Waals surface area (Å²) in [7, 11) is 0. The van der Waals surface area contributed by atoms with Crippen LogP contribution >= 0.6 is 0 Å². The van der Waals surface area contributed by atoms with Gasteiger partial charge in [-0.15, -0.1) is 0 Å². The molecule has 10 rings (SSSR count). The fourth-order valence-electron chi connectivity index (χ4n) is 8.16. The summed E-state index contributed by atoms with van der Waals surface area (Å²) < 4.78 is 2.29. The molecule has 0 amide bonds. The van der Waals surface area contributed by atoms with E-state index in [0.29, 0.717) is 0 Å². The summed E-state index contributed by atoms with van der Waals surface area (Å²) in [6.45, 7) is 0. The van der Waals surface area contributed by atoms with Gasteiger partial charge in [0.1, 0.15) is 5.82 Å². The van der Waals surface area contributed by atoms with Crippen molar-refractivity contribution >= 4 is 28.1 Å². The van der Waals surface area contributed by atoms with Crippen LogP contribution in [0.5, 0.6) is 0 Å². The molecule has 0 bridgehead atoms. The highest BCUT2D eigenvalue weighted by molar-refractivity contribution is 5.97. The molecule has 1 aliphatic heterocycles. The Morgan fingerprint density at radius 3 is 1.70 bits per heavy atom. The Morgan fingerprint density at radius 2 is 0.979 bits per heavy atom. The lowest BCUT2D eigenvalue weighted by Gasteiger charge is -2.45. The third-order valence-corrected chi connectivity index (χ3v) is 9.99. The minimum Gasteiger partial charge on any atom is -0.310 e. The van der Waals surface area contributed by atoms with Gasteiger partial charge in [-0.3, -0.25) is 4.57 Å². The van der Waals surface area contributed by atoms with Crippen molar-refractivity contribution in [2.45, 2.75) is 5.41 Å². The lowest BCUT2D eigenvalue weighted by atomic mass is 9.64. The van der Waals surface area contributed by atoms with Gasteiger partial charge in [0.2, 0.25) is 0 Å². The van der Waals surface area contributed by atoms with Gasteiger partial charge in [0.25, 0.3) is 0 Å². The predicted octanol–water partition coefficient (Wildman–Crippen LogP) is 10.8. The van der Waals surface area contributed by atoms with Crippen molar-refractivity contribution in [3.63, 3.8) is 0 Å². The minimum atomic E-state index is -0.470. The molecule has 1 aromatic heterocycles. The lowest BCUT2D eigenvalue weighted by molar-refractivity contribution is 0.752. The van der Waals surface area contributed by atoms with Gasteiger partial charge in [-0.05, 0) is 88.0 Å². The molecule has 0 saturated carbocycles. The van der Waals surface area contributed by atoms with Gasteiger partial charge in [-0.1, -0.05) is 121 Å². The summed E-state index contributed by atoms with van der Waals surface area (Å²) in [5.74, 6) is 0.943. The Hall–Kier alpha value is -6.19. The molecule has 0 fully saturated rings. The molecule has 0 N–H and O–H groups in total. The van der Waals surface area contributed by atoms with Gasteiger partial charge < -0.3 is 4.90 Å². The Kier molecular flexibility index (Phi) is 5.49. The second-order valence-electron chi connectivity index (χ2n) is 12.4. The first-order valence-corrected chi connectivity index (χ1v) is 16.2. The van der Waals surface area contributed by atoms with E-state index in [1.807, 2.05) is 0 Å². The van der Waals surface area contributed by atoms with Crippen molar-refractivity contribution in [2.75, 3.05) is 4.90 Å². The molecule has 0 radical (unpaired) electrons. The number of hydrogen-bond acceptors (Lipinski definition) is 2. The molecule has 7 aromatic carbocycles. The zero-order valence-electron chi connectivity index (χ0n) is 25.6. The van der Waals surface area contributed by atoms with E-state index in [2.05, 4.69) is 185 Å². The van der Waals surface area contributed by atoms with Crippen molar-refractivity contribution < 1.29 is 0 Å². The number of anilines is 3. The highest BCUT2D eigenvalue weighted by Gasteiger charge is 2.51. The number of benzene rings is 7. The summed E-state index contributed by atoms with van der Waals surface area (Å²) in [6, 6.07) is 63.6. The van der Waals surface area contributed by atoms with E-state index < -0.39 is 5.41 Å². The van der Waals surface area contributed by atoms with Gasteiger partial charge in [-0.2, -0.15) is 0 Å². The van der Waals surface area contributed by atoms with Crippen LogP contribution in [0, 0.1) is 0 Å². The molecule has 2 aliphatic rings. The average Bonchev–Trinajstić information content (AvgIpc) is 3.67. The summed E-state index contributed by atoms with van der Waals surface area (Å²) in [6.07, 6.45) is 0. The second-order valence-corrected chi connectivity index (χ2v) is 12.4. The molecule has 220 valence electrons. The van der Waals surface area contributed by atoms with E-state index in [4.69, 9.17) is 4.98 Å². The van der Waals surface area contributed by atoms with E-state index in [1.54, 1.807) is 0 Å². The Labute approximate surface area is 273 Å². The van der Waals surface area contributed by atoms with E-state index in [-0.39, 0.29) is 0 Å². The third kappa shape index (κ3) is 3.54.